The highest BCUT2D eigenvalue weighted by Gasteiger charge is 2.17. The van der Waals surface area contributed by atoms with Gasteiger partial charge < -0.3 is 18.9 Å². The van der Waals surface area contributed by atoms with Crippen LogP contribution in [0, 0.1) is 6.92 Å². The van der Waals surface area contributed by atoms with Crippen molar-refractivity contribution < 1.29 is 18.4 Å². The molecule has 4 aromatic rings. The maximum Gasteiger partial charge on any atom is 0.339 e. The van der Waals surface area contributed by atoms with Gasteiger partial charge in [0.2, 0.25) is 5.91 Å². The minimum Gasteiger partial charge on any atom is -0.464 e. The Kier molecular flexibility index (Phi) is 6.97. The van der Waals surface area contributed by atoms with E-state index >= 15 is 0 Å². The molecule has 0 unspecified atom stereocenters. The largest absolute Gasteiger partial charge is 0.464 e. The number of rotatable bonds is 8. The molecule has 0 radical (unpaired) electrons. The molecule has 0 atom stereocenters. The lowest BCUT2D eigenvalue weighted by atomic mass is 9.99. The molecule has 35 heavy (non-hydrogen) atoms. The van der Waals surface area contributed by atoms with Crippen molar-refractivity contribution in [2.45, 2.75) is 26.2 Å². The van der Waals surface area contributed by atoms with Crippen molar-refractivity contribution in [1.29, 1.82) is 0 Å². The van der Waals surface area contributed by atoms with Gasteiger partial charge in [-0.05, 0) is 43.5 Å². The predicted octanol–water partition coefficient (Wildman–Crippen LogP) is 4.29. The van der Waals surface area contributed by atoms with Gasteiger partial charge >= 0.3 is 5.63 Å². The Bertz CT molecular complexity index is 1380. The molecule has 0 saturated carbocycles. The number of carbonyl (C=O) groups is 1. The Labute approximate surface area is 203 Å². The van der Waals surface area contributed by atoms with Crippen molar-refractivity contribution in [1.82, 2.24) is 10.2 Å². The number of benzene rings is 2. The van der Waals surface area contributed by atoms with E-state index in [4.69, 9.17) is 13.6 Å². The fourth-order valence-electron chi connectivity index (χ4n) is 4.72. The molecule has 1 N–H and O–H groups in total. The Hall–Kier alpha value is -3.42. The number of amides is 1. The van der Waals surface area contributed by atoms with E-state index in [-0.39, 0.29) is 12.3 Å². The van der Waals surface area contributed by atoms with Gasteiger partial charge in [0.1, 0.15) is 11.2 Å². The number of hydrogen-bond donors (Lipinski definition) is 1. The fourth-order valence-corrected chi connectivity index (χ4v) is 4.72. The zero-order valence-corrected chi connectivity index (χ0v) is 20.0. The first-order valence-electron chi connectivity index (χ1n) is 12.2. The molecule has 1 aliphatic heterocycles. The summed E-state index contributed by atoms with van der Waals surface area (Å²) in [6.45, 7) is 6.95. The molecule has 7 heteroatoms. The third kappa shape index (κ3) is 5.16. The quantitative estimate of drug-likeness (QED) is 0.303. The van der Waals surface area contributed by atoms with Crippen molar-refractivity contribution >= 4 is 27.8 Å². The Morgan fingerprint density at radius 1 is 1.06 bits per heavy atom. The van der Waals surface area contributed by atoms with Gasteiger partial charge in [0.15, 0.2) is 0 Å². The number of furan rings is 1. The lowest BCUT2D eigenvalue weighted by Crippen LogP contribution is -2.38. The summed E-state index contributed by atoms with van der Waals surface area (Å²) in [6.07, 6.45) is 3.22. The average Bonchev–Trinajstić information content (AvgIpc) is 3.29. The Morgan fingerprint density at radius 2 is 1.86 bits per heavy atom. The van der Waals surface area contributed by atoms with E-state index in [0.29, 0.717) is 29.7 Å². The van der Waals surface area contributed by atoms with Crippen LogP contribution < -0.4 is 10.9 Å². The van der Waals surface area contributed by atoms with E-state index in [0.717, 1.165) is 66.7 Å². The highest BCUT2D eigenvalue weighted by atomic mass is 16.5. The van der Waals surface area contributed by atoms with Crippen LogP contribution in [-0.2, 0) is 16.0 Å². The van der Waals surface area contributed by atoms with E-state index in [9.17, 15) is 9.59 Å². The average molecular weight is 475 g/mol. The lowest BCUT2D eigenvalue weighted by Gasteiger charge is -2.26. The van der Waals surface area contributed by atoms with E-state index in [1.54, 1.807) is 12.3 Å². The maximum atomic E-state index is 12.7. The minimum atomic E-state index is -0.399. The molecule has 2 aromatic heterocycles. The number of carbonyl (C=O) groups excluding carboxylic acids is 1. The monoisotopic (exact) mass is 474 g/mol. The Balaban J connectivity index is 1.28. The summed E-state index contributed by atoms with van der Waals surface area (Å²) in [4.78, 5) is 27.5. The van der Waals surface area contributed by atoms with E-state index in [1.807, 2.05) is 43.3 Å². The second-order valence-corrected chi connectivity index (χ2v) is 9.01. The minimum absolute atomic E-state index is 0.0532. The van der Waals surface area contributed by atoms with Crippen molar-refractivity contribution in [3.63, 3.8) is 0 Å². The van der Waals surface area contributed by atoms with Crippen LogP contribution in [0.2, 0.25) is 0 Å². The van der Waals surface area contributed by atoms with E-state index in [1.165, 1.54) is 0 Å². The van der Waals surface area contributed by atoms with Gasteiger partial charge in [-0.15, -0.1) is 0 Å². The normalized spacial score (nSPS) is 14.5. The zero-order valence-electron chi connectivity index (χ0n) is 20.0. The number of hydrogen-bond acceptors (Lipinski definition) is 6. The number of aryl methyl sites for hydroxylation is 1. The van der Waals surface area contributed by atoms with Crippen LogP contribution in [0.25, 0.3) is 33.1 Å². The van der Waals surface area contributed by atoms with Crippen LogP contribution in [0.5, 0.6) is 0 Å². The lowest BCUT2D eigenvalue weighted by molar-refractivity contribution is -0.121. The Morgan fingerprint density at radius 3 is 2.66 bits per heavy atom. The third-order valence-corrected chi connectivity index (χ3v) is 6.75. The summed E-state index contributed by atoms with van der Waals surface area (Å²) < 4.78 is 16.8. The summed E-state index contributed by atoms with van der Waals surface area (Å²) >= 11 is 0. The number of nitrogens with one attached hydrogen (secondary N) is 1. The molecule has 1 aliphatic rings. The van der Waals surface area contributed by atoms with Crippen molar-refractivity contribution in [2.75, 3.05) is 39.4 Å². The molecule has 0 bridgehead atoms. The molecule has 5 rings (SSSR count). The molecular formula is C28H30N2O5. The molecule has 0 aliphatic carbocycles. The molecule has 0 spiro atoms. The molecule has 1 amide bonds. The molecule has 3 heterocycles. The van der Waals surface area contributed by atoms with Crippen LogP contribution in [-0.4, -0.2) is 50.2 Å². The first-order valence-corrected chi connectivity index (χ1v) is 12.2. The smallest absolute Gasteiger partial charge is 0.339 e. The van der Waals surface area contributed by atoms with Gasteiger partial charge in [0.05, 0.1) is 19.5 Å². The van der Waals surface area contributed by atoms with E-state index in [2.05, 4.69) is 10.2 Å². The number of ether oxygens (including phenoxy) is 1. The highest BCUT2D eigenvalue weighted by molar-refractivity contribution is 6.02. The third-order valence-electron chi connectivity index (χ3n) is 6.75. The van der Waals surface area contributed by atoms with Gasteiger partial charge in [-0.3, -0.25) is 9.69 Å². The highest BCUT2D eigenvalue weighted by Crippen LogP contribution is 2.34. The van der Waals surface area contributed by atoms with Gasteiger partial charge in [-0.1, -0.05) is 30.3 Å². The van der Waals surface area contributed by atoms with Crippen molar-refractivity contribution in [3.05, 3.63) is 70.3 Å². The summed E-state index contributed by atoms with van der Waals surface area (Å²) in [6, 6.07) is 13.8. The predicted molar refractivity (Wildman–Crippen MR) is 136 cm³/mol. The molecular weight excluding hydrogens is 444 g/mol. The number of fused-ring (bicyclic) bond motifs is 2. The van der Waals surface area contributed by atoms with E-state index < -0.39 is 5.63 Å². The van der Waals surface area contributed by atoms with Crippen molar-refractivity contribution in [2.24, 2.45) is 0 Å². The summed E-state index contributed by atoms with van der Waals surface area (Å²) in [5.41, 5.74) is 4.21. The summed E-state index contributed by atoms with van der Waals surface area (Å²) in [5, 5.41) is 4.79. The molecule has 1 saturated heterocycles. The van der Waals surface area contributed by atoms with Gasteiger partial charge in [0, 0.05) is 54.0 Å². The summed E-state index contributed by atoms with van der Waals surface area (Å²) in [5.74, 6) is -0.0532. The molecule has 7 nitrogen and oxygen atoms in total. The second kappa shape index (κ2) is 10.5. The van der Waals surface area contributed by atoms with Crippen LogP contribution in [0.3, 0.4) is 0 Å². The first kappa shape index (κ1) is 23.3. The number of nitrogens with zero attached hydrogens (tertiary/aromatic N) is 1. The van der Waals surface area contributed by atoms with Gasteiger partial charge in [0.25, 0.3) is 0 Å². The standard InChI is InChI=1S/C28H30N2O5/c1-19-21(8-9-27(31)29-10-5-11-30-12-14-33-15-13-30)28(32)35-26-17-25-23(16-22(19)26)24(18-34-25)20-6-3-2-4-7-20/h2-4,6-7,16-18H,5,8-15H2,1H3,(H,29,31). The zero-order chi connectivity index (χ0) is 24.2. The topological polar surface area (TPSA) is 84.9 Å². The summed E-state index contributed by atoms with van der Waals surface area (Å²) in [7, 11) is 0. The first-order chi connectivity index (χ1) is 17.1. The molecule has 182 valence electrons. The van der Waals surface area contributed by atoms with Crippen molar-refractivity contribution in [3.8, 4) is 11.1 Å². The van der Waals surface area contributed by atoms with Crippen LogP contribution >= 0.6 is 0 Å². The fraction of sp³-hybridized carbons (Fsp3) is 0.357. The van der Waals surface area contributed by atoms with Gasteiger partial charge in [-0.2, -0.15) is 0 Å². The van der Waals surface area contributed by atoms with Crippen LogP contribution in [0.1, 0.15) is 24.0 Å². The molecule has 1 fully saturated rings. The van der Waals surface area contributed by atoms with Gasteiger partial charge in [-0.25, -0.2) is 4.79 Å². The maximum absolute atomic E-state index is 12.7. The second-order valence-electron chi connectivity index (χ2n) is 9.01. The molecule has 2 aromatic carbocycles. The SMILES string of the molecule is Cc1c(CCC(=O)NCCCN2CCOCC2)c(=O)oc2cc3occ(-c4ccccc4)c3cc12. The van der Waals surface area contributed by atoms with Crippen LogP contribution in [0.15, 0.2) is 62.4 Å². The van der Waals surface area contributed by atoms with Crippen LogP contribution in [0.4, 0.5) is 0 Å². The number of morpholine rings is 1.